The molecule has 0 saturated heterocycles. The number of ether oxygens (including phenoxy) is 1. The number of nitrogens with one attached hydrogen (secondary N) is 1. The molecule has 116 valence electrons. The number of rotatable bonds is 7. The quantitative estimate of drug-likeness (QED) is 0.852. The van der Waals surface area contributed by atoms with Crippen molar-refractivity contribution in [2.45, 2.75) is 19.8 Å². The standard InChI is InChI=1S/C19H23NO2/c1-15(14-16-8-4-3-5-9-16)19(21)20-13-12-17-10-6-7-11-18(17)22-2/h3-11,15H,12-14H2,1-2H3,(H,20,21). The molecule has 3 nitrogen and oxygen atoms in total. The summed E-state index contributed by atoms with van der Waals surface area (Å²) < 4.78 is 5.32. The van der Waals surface area contributed by atoms with Crippen molar-refractivity contribution in [2.75, 3.05) is 13.7 Å². The average Bonchev–Trinajstić information content (AvgIpc) is 2.56. The summed E-state index contributed by atoms with van der Waals surface area (Å²) in [4.78, 5) is 12.1. The Labute approximate surface area is 132 Å². The molecule has 3 heteroatoms. The average molecular weight is 297 g/mol. The van der Waals surface area contributed by atoms with Crippen LogP contribution in [0.4, 0.5) is 0 Å². The van der Waals surface area contributed by atoms with E-state index in [9.17, 15) is 4.79 Å². The van der Waals surface area contributed by atoms with E-state index < -0.39 is 0 Å². The molecule has 2 aromatic rings. The molecule has 1 unspecified atom stereocenters. The smallest absolute Gasteiger partial charge is 0.223 e. The largest absolute Gasteiger partial charge is 0.496 e. The molecule has 0 spiro atoms. The van der Waals surface area contributed by atoms with Crippen molar-refractivity contribution in [3.8, 4) is 5.75 Å². The van der Waals surface area contributed by atoms with E-state index in [2.05, 4.69) is 17.4 Å². The Bertz CT molecular complexity index is 595. The van der Waals surface area contributed by atoms with Crippen molar-refractivity contribution in [1.82, 2.24) is 5.32 Å². The summed E-state index contributed by atoms with van der Waals surface area (Å²) in [5, 5.41) is 3.01. The topological polar surface area (TPSA) is 38.3 Å². The van der Waals surface area contributed by atoms with Crippen LogP contribution < -0.4 is 10.1 Å². The Morgan fingerprint density at radius 2 is 1.77 bits per heavy atom. The highest BCUT2D eigenvalue weighted by Gasteiger charge is 2.13. The van der Waals surface area contributed by atoms with E-state index in [-0.39, 0.29) is 11.8 Å². The first-order valence-electron chi connectivity index (χ1n) is 7.64. The summed E-state index contributed by atoms with van der Waals surface area (Å²) in [6, 6.07) is 18.0. The molecule has 0 aliphatic rings. The van der Waals surface area contributed by atoms with Gasteiger partial charge in [-0.3, -0.25) is 4.79 Å². The molecule has 0 saturated carbocycles. The molecule has 0 radical (unpaired) electrons. The van der Waals surface area contributed by atoms with Gasteiger partial charge in [0.25, 0.3) is 0 Å². The Hall–Kier alpha value is -2.29. The van der Waals surface area contributed by atoms with Gasteiger partial charge in [0.2, 0.25) is 5.91 Å². The number of methoxy groups -OCH3 is 1. The highest BCUT2D eigenvalue weighted by atomic mass is 16.5. The molecule has 1 atom stereocenters. The van der Waals surface area contributed by atoms with Crippen molar-refractivity contribution < 1.29 is 9.53 Å². The van der Waals surface area contributed by atoms with Crippen LogP contribution >= 0.6 is 0 Å². The zero-order valence-corrected chi connectivity index (χ0v) is 13.2. The monoisotopic (exact) mass is 297 g/mol. The Balaban J connectivity index is 1.80. The molecule has 1 N–H and O–H groups in total. The molecule has 2 rings (SSSR count). The summed E-state index contributed by atoms with van der Waals surface area (Å²) >= 11 is 0. The van der Waals surface area contributed by atoms with E-state index in [0.29, 0.717) is 6.54 Å². The number of hydrogen-bond donors (Lipinski definition) is 1. The van der Waals surface area contributed by atoms with Crippen molar-refractivity contribution in [3.63, 3.8) is 0 Å². The normalized spacial score (nSPS) is 11.7. The summed E-state index contributed by atoms with van der Waals surface area (Å²) in [7, 11) is 1.67. The van der Waals surface area contributed by atoms with Gasteiger partial charge in [-0.2, -0.15) is 0 Å². The first-order chi connectivity index (χ1) is 10.7. The summed E-state index contributed by atoms with van der Waals surface area (Å²) in [6.45, 7) is 2.59. The maximum atomic E-state index is 12.1. The summed E-state index contributed by atoms with van der Waals surface area (Å²) in [5.74, 6) is 0.938. The third-order valence-corrected chi connectivity index (χ3v) is 3.72. The van der Waals surface area contributed by atoms with Crippen molar-refractivity contribution >= 4 is 5.91 Å². The molecule has 0 aliphatic heterocycles. The number of carbonyl (C=O) groups excluding carboxylic acids is 1. The molecule has 0 heterocycles. The first kappa shape index (κ1) is 16.1. The van der Waals surface area contributed by atoms with Crippen LogP contribution in [0.25, 0.3) is 0 Å². The van der Waals surface area contributed by atoms with Gasteiger partial charge in [-0.15, -0.1) is 0 Å². The Kier molecular flexibility index (Phi) is 6.01. The Morgan fingerprint density at radius 1 is 1.09 bits per heavy atom. The lowest BCUT2D eigenvalue weighted by Gasteiger charge is -2.13. The molecule has 0 fully saturated rings. The van der Waals surface area contributed by atoms with E-state index in [1.54, 1.807) is 7.11 Å². The minimum absolute atomic E-state index is 0.0277. The van der Waals surface area contributed by atoms with Crippen molar-refractivity contribution in [1.29, 1.82) is 0 Å². The molecule has 2 aromatic carbocycles. The van der Waals surface area contributed by atoms with Crippen LogP contribution in [0.2, 0.25) is 0 Å². The van der Waals surface area contributed by atoms with E-state index in [4.69, 9.17) is 4.74 Å². The maximum Gasteiger partial charge on any atom is 0.223 e. The molecule has 1 amide bonds. The zero-order chi connectivity index (χ0) is 15.8. The van der Waals surface area contributed by atoms with Crippen molar-refractivity contribution in [3.05, 3.63) is 65.7 Å². The van der Waals surface area contributed by atoms with Crippen LogP contribution in [-0.4, -0.2) is 19.6 Å². The van der Waals surface area contributed by atoms with E-state index in [1.807, 2.05) is 49.4 Å². The lowest BCUT2D eigenvalue weighted by atomic mass is 10.0. The highest BCUT2D eigenvalue weighted by Crippen LogP contribution is 2.17. The molecular formula is C19H23NO2. The lowest BCUT2D eigenvalue weighted by molar-refractivity contribution is -0.124. The molecule has 0 aliphatic carbocycles. The highest BCUT2D eigenvalue weighted by molar-refractivity contribution is 5.78. The van der Waals surface area contributed by atoms with Gasteiger partial charge in [0, 0.05) is 12.5 Å². The van der Waals surface area contributed by atoms with Gasteiger partial charge in [-0.25, -0.2) is 0 Å². The minimum Gasteiger partial charge on any atom is -0.496 e. The third-order valence-electron chi connectivity index (χ3n) is 3.72. The number of carbonyl (C=O) groups is 1. The van der Waals surface area contributed by atoms with Gasteiger partial charge in [-0.05, 0) is 30.0 Å². The minimum atomic E-state index is -0.0277. The van der Waals surface area contributed by atoms with E-state index >= 15 is 0 Å². The number of hydrogen-bond acceptors (Lipinski definition) is 2. The van der Waals surface area contributed by atoms with Crippen LogP contribution in [0.1, 0.15) is 18.1 Å². The van der Waals surface area contributed by atoms with Gasteiger partial charge in [0.15, 0.2) is 0 Å². The van der Waals surface area contributed by atoms with Gasteiger partial charge < -0.3 is 10.1 Å². The zero-order valence-electron chi connectivity index (χ0n) is 13.2. The first-order valence-corrected chi connectivity index (χ1v) is 7.64. The third kappa shape index (κ3) is 4.62. The van der Waals surface area contributed by atoms with Crippen LogP contribution in [0.3, 0.4) is 0 Å². The number of benzene rings is 2. The maximum absolute atomic E-state index is 12.1. The Morgan fingerprint density at radius 3 is 2.50 bits per heavy atom. The van der Waals surface area contributed by atoms with Crippen LogP contribution in [-0.2, 0) is 17.6 Å². The number of amides is 1. The van der Waals surface area contributed by atoms with Crippen LogP contribution in [0.5, 0.6) is 5.75 Å². The molecule has 0 aromatic heterocycles. The van der Waals surface area contributed by atoms with Gasteiger partial charge in [0.1, 0.15) is 5.75 Å². The second-order valence-electron chi connectivity index (χ2n) is 5.44. The fraction of sp³-hybridized carbons (Fsp3) is 0.316. The predicted octanol–water partition coefficient (Wildman–Crippen LogP) is 3.23. The summed E-state index contributed by atoms with van der Waals surface area (Å²) in [5.41, 5.74) is 2.30. The number of para-hydroxylation sites is 1. The van der Waals surface area contributed by atoms with Gasteiger partial charge in [-0.1, -0.05) is 55.5 Å². The van der Waals surface area contributed by atoms with Crippen molar-refractivity contribution in [2.24, 2.45) is 5.92 Å². The summed E-state index contributed by atoms with van der Waals surface area (Å²) in [6.07, 6.45) is 1.54. The molecule has 22 heavy (non-hydrogen) atoms. The fourth-order valence-corrected chi connectivity index (χ4v) is 2.46. The molecule has 0 bridgehead atoms. The predicted molar refractivity (Wildman–Crippen MR) is 89.0 cm³/mol. The second-order valence-corrected chi connectivity index (χ2v) is 5.44. The fourth-order valence-electron chi connectivity index (χ4n) is 2.46. The van der Waals surface area contributed by atoms with E-state index in [0.717, 1.165) is 24.2 Å². The van der Waals surface area contributed by atoms with Gasteiger partial charge >= 0.3 is 0 Å². The van der Waals surface area contributed by atoms with Gasteiger partial charge in [0.05, 0.1) is 7.11 Å². The van der Waals surface area contributed by atoms with E-state index in [1.165, 1.54) is 5.56 Å². The molecular weight excluding hydrogens is 274 g/mol. The second kappa shape index (κ2) is 8.23. The van der Waals surface area contributed by atoms with Crippen LogP contribution in [0, 0.1) is 5.92 Å². The van der Waals surface area contributed by atoms with Crippen LogP contribution in [0.15, 0.2) is 54.6 Å². The SMILES string of the molecule is COc1ccccc1CCNC(=O)C(C)Cc1ccccc1. The lowest BCUT2D eigenvalue weighted by Crippen LogP contribution is -2.31.